The second kappa shape index (κ2) is 6.85. The number of ketones is 1. The Balaban J connectivity index is 1.94. The number of Topliss-reactive ketones (excluding diaryl/α,β-unsaturated/α-hetero) is 1. The van der Waals surface area contributed by atoms with Gasteiger partial charge in [0.05, 0.1) is 6.54 Å². The van der Waals surface area contributed by atoms with Crippen LogP contribution in [0, 0.1) is 5.82 Å². The van der Waals surface area contributed by atoms with Crippen molar-refractivity contribution < 1.29 is 14.0 Å². The maximum Gasteiger partial charge on any atom is 0.251 e. The first-order chi connectivity index (χ1) is 10.5. The molecule has 0 radical (unpaired) electrons. The molecule has 0 saturated heterocycles. The molecule has 0 bridgehead atoms. The van der Waals surface area contributed by atoms with Gasteiger partial charge in [0.1, 0.15) is 5.82 Å². The summed E-state index contributed by atoms with van der Waals surface area (Å²) in [5.41, 5.74) is 1.84. The quantitative estimate of drug-likeness (QED) is 0.863. The summed E-state index contributed by atoms with van der Waals surface area (Å²) in [6.45, 7) is -0.0997. The number of benzene rings is 2. The van der Waals surface area contributed by atoms with Crippen molar-refractivity contribution in [2.24, 2.45) is 0 Å². The number of anilines is 1. The Kier molecular flexibility index (Phi) is 4.88. The molecule has 0 saturated carbocycles. The van der Waals surface area contributed by atoms with Crippen LogP contribution < -0.4 is 10.2 Å². The molecule has 0 heterocycles. The molecule has 0 aliphatic carbocycles. The maximum absolute atomic E-state index is 12.8. The molecule has 0 fully saturated rings. The van der Waals surface area contributed by atoms with E-state index in [9.17, 15) is 14.0 Å². The number of carbonyl (C=O) groups is 2. The van der Waals surface area contributed by atoms with Crippen molar-refractivity contribution in [3.05, 3.63) is 65.5 Å². The first-order valence-corrected chi connectivity index (χ1v) is 6.82. The number of hydrogen-bond donors (Lipinski definition) is 1. The van der Waals surface area contributed by atoms with Crippen LogP contribution in [-0.2, 0) is 0 Å². The first kappa shape index (κ1) is 15.7. The van der Waals surface area contributed by atoms with Gasteiger partial charge in [-0.3, -0.25) is 9.59 Å². The van der Waals surface area contributed by atoms with E-state index in [1.807, 2.05) is 31.1 Å². The van der Waals surface area contributed by atoms with Crippen LogP contribution in [0.5, 0.6) is 0 Å². The minimum Gasteiger partial charge on any atom is -0.378 e. The molecule has 5 heteroatoms. The summed E-state index contributed by atoms with van der Waals surface area (Å²) in [5, 5.41) is 2.53. The van der Waals surface area contributed by atoms with Crippen molar-refractivity contribution in [3.63, 3.8) is 0 Å². The zero-order chi connectivity index (χ0) is 16.1. The predicted octanol–water partition coefficient (Wildman–Crippen LogP) is 2.50. The van der Waals surface area contributed by atoms with E-state index in [2.05, 4.69) is 5.32 Å². The van der Waals surface area contributed by atoms with Gasteiger partial charge in [0.25, 0.3) is 5.91 Å². The van der Waals surface area contributed by atoms with E-state index in [-0.39, 0.29) is 12.3 Å². The van der Waals surface area contributed by atoms with Crippen molar-refractivity contribution in [3.8, 4) is 0 Å². The van der Waals surface area contributed by atoms with Gasteiger partial charge in [-0.2, -0.15) is 0 Å². The third-order valence-electron chi connectivity index (χ3n) is 3.22. The average Bonchev–Trinajstić information content (AvgIpc) is 2.53. The van der Waals surface area contributed by atoms with E-state index in [1.54, 1.807) is 12.1 Å². The monoisotopic (exact) mass is 300 g/mol. The van der Waals surface area contributed by atoms with Crippen LogP contribution in [-0.4, -0.2) is 32.3 Å². The number of nitrogens with zero attached hydrogens (tertiary/aromatic N) is 1. The van der Waals surface area contributed by atoms with Gasteiger partial charge in [0.15, 0.2) is 5.78 Å². The minimum absolute atomic E-state index is 0.0997. The summed E-state index contributed by atoms with van der Waals surface area (Å²) >= 11 is 0. The summed E-state index contributed by atoms with van der Waals surface area (Å²) in [5.74, 6) is -0.993. The zero-order valence-corrected chi connectivity index (χ0v) is 12.5. The van der Waals surface area contributed by atoms with Crippen LogP contribution in [0.3, 0.4) is 0 Å². The van der Waals surface area contributed by atoms with Crippen LogP contribution in [0.15, 0.2) is 48.5 Å². The molecular formula is C17H17FN2O2. The van der Waals surface area contributed by atoms with Crippen LogP contribution in [0.1, 0.15) is 20.7 Å². The first-order valence-electron chi connectivity index (χ1n) is 6.82. The van der Waals surface area contributed by atoms with Gasteiger partial charge in [0.2, 0.25) is 0 Å². The van der Waals surface area contributed by atoms with E-state index in [4.69, 9.17) is 0 Å². The molecule has 1 amide bonds. The highest BCUT2D eigenvalue weighted by molar-refractivity contribution is 6.02. The molecule has 4 nitrogen and oxygen atoms in total. The number of rotatable bonds is 5. The summed E-state index contributed by atoms with van der Waals surface area (Å²) in [7, 11) is 3.83. The molecule has 22 heavy (non-hydrogen) atoms. The second-order valence-electron chi connectivity index (χ2n) is 5.05. The Hall–Kier alpha value is -2.69. The predicted molar refractivity (Wildman–Crippen MR) is 83.8 cm³/mol. The molecule has 2 aromatic rings. The molecule has 2 rings (SSSR count). The normalized spacial score (nSPS) is 10.1. The van der Waals surface area contributed by atoms with E-state index in [0.717, 1.165) is 5.69 Å². The van der Waals surface area contributed by atoms with Crippen LogP contribution in [0.25, 0.3) is 0 Å². The number of nitrogens with one attached hydrogen (secondary N) is 1. The number of amides is 1. The van der Waals surface area contributed by atoms with Crippen molar-refractivity contribution in [2.45, 2.75) is 0 Å². The Labute approximate surface area is 128 Å². The fourth-order valence-corrected chi connectivity index (χ4v) is 1.91. The van der Waals surface area contributed by atoms with E-state index < -0.39 is 11.7 Å². The van der Waals surface area contributed by atoms with Gasteiger partial charge in [0, 0.05) is 30.9 Å². The van der Waals surface area contributed by atoms with Gasteiger partial charge in [-0.15, -0.1) is 0 Å². The zero-order valence-electron chi connectivity index (χ0n) is 12.5. The lowest BCUT2D eigenvalue weighted by Crippen LogP contribution is -2.29. The van der Waals surface area contributed by atoms with Gasteiger partial charge in [-0.05, 0) is 48.5 Å². The molecular weight excluding hydrogens is 283 g/mol. The van der Waals surface area contributed by atoms with Crippen molar-refractivity contribution in [2.75, 3.05) is 25.5 Å². The lowest BCUT2D eigenvalue weighted by Gasteiger charge is -2.12. The number of carbonyl (C=O) groups excluding carboxylic acids is 2. The Bertz CT molecular complexity index is 664. The molecule has 0 aromatic heterocycles. The lowest BCUT2D eigenvalue weighted by atomic mass is 10.1. The second-order valence-corrected chi connectivity index (χ2v) is 5.05. The minimum atomic E-state index is -0.409. The molecule has 1 N–H and O–H groups in total. The largest absolute Gasteiger partial charge is 0.378 e. The molecule has 2 aromatic carbocycles. The van der Waals surface area contributed by atoms with Crippen molar-refractivity contribution in [1.29, 1.82) is 0 Å². The molecule has 0 aliphatic rings. The fraction of sp³-hybridized carbons (Fsp3) is 0.176. The fourth-order valence-electron chi connectivity index (χ4n) is 1.91. The number of halogens is 1. The SMILES string of the molecule is CN(C)c1ccc(C(=O)CNC(=O)c2ccc(F)cc2)cc1. The van der Waals surface area contributed by atoms with Gasteiger partial charge in [-0.25, -0.2) is 4.39 Å². The average molecular weight is 300 g/mol. The third-order valence-corrected chi connectivity index (χ3v) is 3.22. The van der Waals surface area contributed by atoms with E-state index in [1.165, 1.54) is 24.3 Å². The van der Waals surface area contributed by atoms with Gasteiger partial charge < -0.3 is 10.2 Å². The Morgan fingerprint density at radius 3 is 2.05 bits per heavy atom. The smallest absolute Gasteiger partial charge is 0.251 e. The maximum atomic E-state index is 12.8. The molecule has 0 atom stereocenters. The highest BCUT2D eigenvalue weighted by Crippen LogP contribution is 2.12. The highest BCUT2D eigenvalue weighted by Gasteiger charge is 2.10. The third kappa shape index (κ3) is 3.91. The molecule has 0 aliphatic heterocycles. The lowest BCUT2D eigenvalue weighted by molar-refractivity contribution is 0.0904. The molecule has 0 spiro atoms. The molecule has 114 valence electrons. The standard InChI is InChI=1S/C17H17FN2O2/c1-20(2)15-9-5-12(6-10-15)16(21)11-19-17(22)13-3-7-14(18)8-4-13/h3-10H,11H2,1-2H3,(H,19,22). The van der Waals surface area contributed by atoms with Crippen molar-refractivity contribution in [1.82, 2.24) is 5.32 Å². The van der Waals surface area contributed by atoms with Crippen LogP contribution in [0.4, 0.5) is 10.1 Å². The van der Waals surface area contributed by atoms with Gasteiger partial charge in [-0.1, -0.05) is 0 Å². The summed E-state index contributed by atoms with van der Waals surface area (Å²) in [4.78, 5) is 25.8. The highest BCUT2D eigenvalue weighted by atomic mass is 19.1. The van der Waals surface area contributed by atoms with Gasteiger partial charge >= 0.3 is 0 Å². The molecule has 0 unspecified atom stereocenters. The van der Waals surface area contributed by atoms with Crippen molar-refractivity contribution >= 4 is 17.4 Å². The number of hydrogen-bond acceptors (Lipinski definition) is 3. The summed E-state index contributed by atoms with van der Waals surface area (Å²) in [6.07, 6.45) is 0. The van der Waals surface area contributed by atoms with E-state index in [0.29, 0.717) is 11.1 Å². The summed E-state index contributed by atoms with van der Waals surface area (Å²) < 4.78 is 12.8. The Morgan fingerprint density at radius 2 is 1.50 bits per heavy atom. The Morgan fingerprint density at radius 1 is 0.955 bits per heavy atom. The van der Waals surface area contributed by atoms with Crippen LogP contribution >= 0.6 is 0 Å². The summed E-state index contributed by atoms with van der Waals surface area (Å²) in [6, 6.07) is 12.3. The van der Waals surface area contributed by atoms with E-state index >= 15 is 0 Å². The van der Waals surface area contributed by atoms with Crippen LogP contribution in [0.2, 0.25) is 0 Å². The topological polar surface area (TPSA) is 49.4 Å².